The van der Waals surface area contributed by atoms with Crippen molar-refractivity contribution in [2.75, 3.05) is 10.6 Å². The SMILES string of the molecule is CCCCCC(C)C(C)(C)C(=O)Nc1ccc(F)[c]([Ti]([C]2=CC=CC2)([C]2=CC=CC2)[c]2c(F)ccc(NC(=O)C(C)(C)C(C)CCCCC)c2F)c1F. The van der Waals surface area contributed by atoms with Crippen molar-refractivity contribution < 1.29 is 43.7 Å². The van der Waals surface area contributed by atoms with Gasteiger partial charge in [0, 0.05) is 0 Å². The van der Waals surface area contributed by atoms with Crippen molar-refractivity contribution in [1.82, 2.24) is 0 Å². The van der Waals surface area contributed by atoms with Gasteiger partial charge < -0.3 is 0 Å². The van der Waals surface area contributed by atoms with Crippen molar-refractivity contribution in [2.45, 2.75) is 120 Å². The third kappa shape index (κ3) is 8.70. The number of benzene rings is 2. The first-order valence-corrected chi connectivity index (χ1v) is 22.5. The van der Waals surface area contributed by atoms with Crippen molar-refractivity contribution in [1.29, 1.82) is 0 Å². The van der Waals surface area contributed by atoms with E-state index in [4.69, 9.17) is 0 Å². The van der Waals surface area contributed by atoms with Crippen LogP contribution in [0.2, 0.25) is 0 Å². The molecule has 0 heterocycles. The van der Waals surface area contributed by atoms with Crippen LogP contribution in [0, 0.1) is 45.9 Å². The summed E-state index contributed by atoms with van der Waals surface area (Å²) in [7, 11) is 0. The first-order chi connectivity index (χ1) is 25.1. The predicted octanol–water partition coefficient (Wildman–Crippen LogP) is 11.4. The molecule has 0 radical (unpaired) electrons. The Morgan fingerprint density at radius 3 is 1.36 bits per heavy atom. The second-order valence-corrected chi connectivity index (χ2v) is 22.0. The molecule has 4 nitrogen and oxygen atoms in total. The van der Waals surface area contributed by atoms with Crippen molar-refractivity contribution in [3.05, 3.63) is 91.7 Å². The summed E-state index contributed by atoms with van der Waals surface area (Å²) >= 11 is -5.21. The first-order valence-electron chi connectivity index (χ1n) is 19.4. The third-order valence-corrected chi connectivity index (χ3v) is 20.0. The number of allylic oxidation sites excluding steroid dienone is 8. The van der Waals surface area contributed by atoms with E-state index in [-0.39, 0.29) is 36.1 Å². The molecule has 2 N–H and O–H groups in total. The molecule has 2 aliphatic carbocycles. The van der Waals surface area contributed by atoms with E-state index in [0.29, 0.717) is 7.76 Å². The summed E-state index contributed by atoms with van der Waals surface area (Å²) < 4.78 is 68.2. The molecule has 2 atom stereocenters. The fourth-order valence-corrected chi connectivity index (χ4v) is 15.8. The maximum atomic E-state index is 17.3. The molecule has 2 aromatic carbocycles. The number of unbranched alkanes of at least 4 members (excludes halogenated alkanes) is 4. The molecule has 0 fully saturated rings. The Morgan fingerprint density at radius 2 is 1.04 bits per heavy atom. The zero-order chi connectivity index (χ0) is 39.1. The van der Waals surface area contributed by atoms with E-state index in [1.807, 2.05) is 53.7 Å². The number of amides is 2. The Labute approximate surface area is 318 Å². The van der Waals surface area contributed by atoms with Crippen LogP contribution >= 0.6 is 0 Å². The van der Waals surface area contributed by atoms with Gasteiger partial charge in [-0.2, -0.15) is 0 Å². The van der Waals surface area contributed by atoms with E-state index in [2.05, 4.69) is 24.5 Å². The third-order valence-electron chi connectivity index (χ3n) is 12.1. The van der Waals surface area contributed by atoms with Crippen molar-refractivity contribution in [3.63, 3.8) is 0 Å². The number of halogens is 4. The van der Waals surface area contributed by atoms with Crippen molar-refractivity contribution >= 4 is 30.9 Å². The molecule has 2 aliphatic rings. The minimum absolute atomic E-state index is 0.0244. The van der Waals surface area contributed by atoms with Gasteiger partial charge in [-0.1, -0.05) is 0 Å². The van der Waals surface area contributed by atoms with Gasteiger partial charge in [-0.25, -0.2) is 0 Å². The first kappa shape index (κ1) is 42.5. The number of anilines is 2. The molecule has 4 rings (SSSR count). The summed E-state index contributed by atoms with van der Waals surface area (Å²) in [6.45, 7) is 15.4. The van der Waals surface area contributed by atoms with Crippen LogP contribution in [-0.4, -0.2) is 11.8 Å². The average Bonchev–Trinajstić information content (AvgIpc) is 3.86. The normalized spacial score (nSPS) is 15.7. The van der Waals surface area contributed by atoms with Crippen LogP contribution in [0.5, 0.6) is 0 Å². The molecule has 0 aromatic heterocycles. The molecule has 2 amide bonds. The fourth-order valence-electron chi connectivity index (χ4n) is 7.55. The number of rotatable bonds is 18. The second-order valence-electron chi connectivity index (χ2n) is 16.1. The Morgan fingerprint density at radius 1 is 0.660 bits per heavy atom. The van der Waals surface area contributed by atoms with Crippen LogP contribution in [-0.2, 0) is 26.2 Å². The summed E-state index contributed by atoms with van der Waals surface area (Å²) in [5.41, 5.74) is -2.24. The van der Waals surface area contributed by atoms with Crippen LogP contribution < -0.4 is 18.4 Å². The van der Waals surface area contributed by atoms with Crippen LogP contribution in [0.3, 0.4) is 0 Å². The van der Waals surface area contributed by atoms with Crippen LogP contribution in [0.1, 0.15) is 120 Å². The van der Waals surface area contributed by atoms with Gasteiger partial charge in [0.1, 0.15) is 0 Å². The molecule has 9 heteroatoms. The molecule has 2 aromatic rings. The van der Waals surface area contributed by atoms with E-state index in [0.717, 1.165) is 63.5 Å². The molecule has 53 heavy (non-hydrogen) atoms. The van der Waals surface area contributed by atoms with Gasteiger partial charge in [0.25, 0.3) is 0 Å². The quantitative estimate of drug-likeness (QED) is 0.0901. The van der Waals surface area contributed by atoms with E-state index in [1.54, 1.807) is 24.3 Å². The zero-order valence-corrected chi connectivity index (χ0v) is 34.4. The standard InChI is InChI=1S/2C17H24F2NO.2C5H5.Ti/c2*1-5-6-7-8-12(2)17(3,4)16(21)20-15-10-9-13(18)11-14(15)19;2*1-2-4-5-3-1;/h2*9-10,12H,5-8H2,1-4H3,(H,20,21);2*1-3H,4H2;. The van der Waals surface area contributed by atoms with Crippen LogP contribution in [0.15, 0.2) is 68.5 Å². The summed E-state index contributed by atoms with van der Waals surface area (Å²) in [6.07, 6.45) is 18.7. The summed E-state index contributed by atoms with van der Waals surface area (Å²) in [5.74, 6) is -4.85. The summed E-state index contributed by atoms with van der Waals surface area (Å²) in [6, 6.07) is 4.54. The Kier molecular flexibility index (Phi) is 14.4. The Bertz CT molecular complexity index is 1660. The minimum atomic E-state index is -5.21. The molecule has 0 aliphatic heterocycles. The molecular weight excluding hydrogens is 712 g/mol. The number of hydrogen-bond donors (Lipinski definition) is 2. The van der Waals surface area contributed by atoms with Gasteiger partial charge in [-0.3, -0.25) is 0 Å². The van der Waals surface area contributed by atoms with Crippen LogP contribution in [0.4, 0.5) is 28.9 Å². The molecular formula is C44H58F4N2O2Ti. The maximum absolute atomic E-state index is 17.3. The molecule has 0 bridgehead atoms. The average molecular weight is 771 g/mol. The summed E-state index contributed by atoms with van der Waals surface area (Å²) in [4.78, 5) is 27.6. The number of carbonyl (C=O) groups excluding carboxylic acids is 2. The van der Waals surface area contributed by atoms with E-state index >= 15 is 17.6 Å². The number of hydrogen-bond acceptors (Lipinski definition) is 2. The molecule has 288 valence electrons. The number of nitrogens with one attached hydrogen (secondary N) is 2. The second kappa shape index (κ2) is 17.9. The van der Waals surface area contributed by atoms with E-state index in [9.17, 15) is 9.59 Å². The molecule has 0 spiro atoms. The van der Waals surface area contributed by atoms with Crippen LogP contribution in [0.25, 0.3) is 0 Å². The van der Waals surface area contributed by atoms with Gasteiger partial charge in [-0.05, 0) is 0 Å². The monoisotopic (exact) mass is 770 g/mol. The van der Waals surface area contributed by atoms with Gasteiger partial charge in [0.05, 0.1) is 0 Å². The summed E-state index contributed by atoms with van der Waals surface area (Å²) in [5, 5.41) is 5.48. The Hall–Kier alpha value is -3.23. The molecule has 0 saturated heterocycles. The fraction of sp³-hybridized carbons (Fsp3) is 0.500. The molecule has 2 unspecified atom stereocenters. The molecule has 0 saturated carbocycles. The topological polar surface area (TPSA) is 58.2 Å². The van der Waals surface area contributed by atoms with E-state index < -0.39 is 70.2 Å². The van der Waals surface area contributed by atoms with Crippen molar-refractivity contribution in [2.24, 2.45) is 22.7 Å². The van der Waals surface area contributed by atoms with Gasteiger partial charge in [-0.15, -0.1) is 0 Å². The zero-order valence-electron chi connectivity index (χ0n) is 32.8. The van der Waals surface area contributed by atoms with Gasteiger partial charge in [0.15, 0.2) is 0 Å². The van der Waals surface area contributed by atoms with Gasteiger partial charge in [0.2, 0.25) is 0 Å². The Balaban J connectivity index is 1.89. The van der Waals surface area contributed by atoms with Crippen molar-refractivity contribution in [3.8, 4) is 0 Å². The predicted molar refractivity (Wildman–Crippen MR) is 207 cm³/mol. The number of carbonyl (C=O) groups is 2. The van der Waals surface area contributed by atoms with E-state index in [1.165, 1.54) is 12.1 Å². The van der Waals surface area contributed by atoms with Gasteiger partial charge >= 0.3 is 319 Å².